The number of rotatable bonds is 4. The summed E-state index contributed by atoms with van der Waals surface area (Å²) in [6.07, 6.45) is 0. The van der Waals surface area contributed by atoms with Gasteiger partial charge in [0.25, 0.3) is 0 Å². The molecule has 0 N–H and O–H groups in total. The second-order valence-electron chi connectivity index (χ2n) is 12.2. The number of carbonyl (C=O) groups excluding carboxylic acids is 2. The maximum Gasteiger partial charge on any atom is 0.178 e. The van der Waals surface area contributed by atoms with Crippen molar-refractivity contribution in [1.29, 1.82) is 0 Å². The van der Waals surface area contributed by atoms with Crippen molar-refractivity contribution < 1.29 is 9.59 Å². The highest BCUT2D eigenvalue weighted by atomic mass is 16.1. The molecule has 44 heavy (non-hydrogen) atoms. The second kappa shape index (κ2) is 9.08. The van der Waals surface area contributed by atoms with Gasteiger partial charge in [0.15, 0.2) is 11.6 Å². The third-order valence-corrected chi connectivity index (χ3v) is 10.4. The molecular formula is C42H28O2. The quantitative estimate of drug-likeness (QED) is 0.201. The lowest BCUT2D eigenvalue weighted by Crippen LogP contribution is -2.58. The Kier molecular flexibility index (Phi) is 5.20. The fraction of sp³-hybridized carbons (Fsp3) is 0.0952. The van der Waals surface area contributed by atoms with Crippen molar-refractivity contribution >= 4 is 11.6 Å². The Morgan fingerprint density at radius 1 is 0.341 bits per heavy atom. The number of hydrogen-bond acceptors (Lipinski definition) is 2. The lowest BCUT2D eigenvalue weighted by molar-refractivity contribution is 0.0857. The zero-order valence-corrected chi connectivity index (χ0v) is 24.0. The lowest BCUT2D eigenvalue weighted by Gasteiger charge is -2.59. The molecule has 0 atom stereocenters. The topological polar surface area (TPSA) is 34.1 Å². The molecule has 0 unspecified atom stereocenters. The molecule has 6 aromatic rings. The van der Waals surface area contributed by atoms with Crippen LogP contribution in [0.15, 0.2) is 158 Å². The van der Waals surface area contributed by atoms with Crippen molar-refractivity contribution in [2.75, 3.05) is 0 Å². The molecular weight excluding hydrogens is 536 g/mol. The third-order valence-electron chi connectivity index (χ3n) is 10.4. The van der Waals surface area contributed by atoms with Crippen LogP contribution in [0, 0.1) is 0 Å². The van der Waals surface area contributed by atoms with E-state index in [2.05, 4.69) is 97.1 Å². The van der Waals surface area contributed by atoms with Gasteiger partial charge in [0.1, 0.15) is 0 Å². The molecule has 0 amide bonds. The number of hydrogen-bond donors (Lipinski definition) is 0. The summed E-state index contributed by atoms with van der Waals surface area (Å²) in [5, 5.41) is 0. The molecule has 4 bridgehead atoms. The van der Waals surface area contributed by atoms with Gasteiger partial charge in [0.05, 0.1) is 10.8 Å². The molecule has 0 saturated carbocycles. The van der Waals surface area contributed by atoms with Crippen molar-refractivity contribution in [3.05, 3.63) is 213 Å². The first-order valence-electron chi connectivity index (χ1n) is 15.3. The van der Waals surface area contributed by atoms with Crippen molar-refractivity contribution in [3.63, 3.8) is 0 Å². The van der Waals surface area contributed by atoms with Crippen LogP contribution in [0.5, 0.6) is 0 Å². The van der Waals surface area contributed by atoms with Crippen molar-refractivity contribution in [3.8, 4) is 0 Å². The molecule has 2 heteroatoms. The zero-order valence-electron chi connectivity index (χ0n) is 24.0. The van der Waals surface area contributed by atoms with E-state index >= 15 is 9.59 Å². The van der Waals surface area contributed by atoms with E-state index in [1.54, 1.807) is 0 Å². The Morgan fingerprint density at radius 3 is 0.886 bits per heavy atom. The minimum absolute atomic E-state index is 0.0786. The summed E-state index contributed by atoms with van der Waals surface area (Å²) in [5.41, 5.74) is 7.47. The largest absolute Gasteiger partial charge is 0.293 e. The molecule has 0 aliphatic heterocycles. The second-order valence-corrected chi connectivity index (χ2v) is 12.2. The van der Waals surface area contributed by atoms with E-state index in [1.807, 2.05) is 60.7 Å². The third kappa shape index (κ3) is 2.91. The summed E-state index contributed by atoms with van der Waals surface area (Å²) >= 11 is 0. The molecule has 0 aromatic heterocycles. The van der Waals surface area contributed by atoms with Gasteiger partial charge < -0.3 is 0 Å². The SMILES string of the molecule is O=C(c1ccccc1)C12c3ccccc3C(c3ccccc31)C1(C(=O)c3ccccc3)c3ccccc3C2c2ccccc21. The summed E-state index contributed by atoms with van der Waals surface area (Å²) in [4.78, 5) is 31.1. The highest BCUT2D eigenvalue weighted by molar-refractivity contribution is 6.13. The van der Waals surface area contributed by atoms with Crippen molar-refractivity contribution in [1.82, 2.24) is 0 Å². The first kappa shape index (κ1) is 25.2. The van der Waals surface area contributed by atoms with Gasteiger partial charge in [0, 0.05) is 23.0 Å². The maximum absolute atomic E-state index is 15.5. The first-order chi connectivity index (χ1) is 21.7. The van der Waals surface area contributed by atoms with Crippen LogP contribution >= 0.6 is 0 Å². The molecule has 208 valence electrons. The Balaban J connectivity index is 1.54. The predicted octanol–water partition coefficient (Wildman–Crippen LogP) is 8.63. The van der Waals surface area contributed by atoms with Gasteiger partial charge >= 0.3 is 0 Å². The van der Waals surface area contributed by atoms with E-state index in [0.717, 1.165) is 44.5 Å². The van der Waals surface area contributed by atoms with Crippen LogP contribution < -0.4 is 0 Å². The molecule has 6 aliphatic rings. The van der Waals surface area contributed by atoms with Crippen molar-refractivity contribution in [2.45, 2.75) is 22.7 Å². The van der Waals surface area contributed by atoms with E-state index < -0.39 is 10.8 Å². The summed E-state index contributed by atoms with van der Waals surface area (Å²) in [6.45, 7) is 0. The summed E-state index contributed by atoms with van der Waals surface area (Å²) in [7, 11) is 0. The fourth-order valence-corrected chi connectivity index (χ4v) is 9.00. The first-order valence-corrected chi connectivity index (χ1v) is 15.3. The fourth-order valence-electron chi connectivity index (χ4n) is 9.00. The predicted molar refractivity (Wildman–Crippen MR) is 173 cm³/mol. The van der Waals surface area contributed by atoms with E-state index in [-0.39, 0.29) is 23.4 Å². The maximum atomic E-state index is 15.5. The Labute approximate surface area is 256 Å². The minimum Gasteiger partial charge on any atom is -0.293 e. The average molecular weight is 565 g/mol. The highest BCUT2D eigenvalue weighted by Gasteiger charge is 2.66. The smallest absolute Gasteiger partial charge is 0.178 e. The van der Waals surface area contributed by atoms with E-state index in [4.69, 9.17) is 0 Å². The normalized spacial score (nSPS) is 23.4. The van der Waals surface area contributed by atoms with Crippen LogP contribution in [0.2, 0.25) is 0 Å². The monoisotopic (exact) mass is 564 g/mol. The summed E-state index contributed by atoms with van der Waals surface area (Å²) < 4.78 is 0. The van der Waals surface area contributed by atoms with Crippen LogP contribution in [-0.4, -0.2) is 11.6 Å². The molecule has 0 fully saturated rings. The van der Waals surface area contributed by atoms with Gasteiger partial charge in [-0.3, -0.25) is 9.59 Å². The Morgan fingerprint density at radius 2 is 0.591 bits per heavy atom. The van der Waals surface area contributed by atoms with Gasteiger partial charge in [-0.1, -0.05) is 158 Å². The van der Waals surface area contributed by atoms with Crippen LogP contribution in [0.3, 0.4) is 0 Å². The van der Waals surface area contributed by atoms with Crippen LogP contribution in [-0.2, 0) is 10.8 Å². The summed E-state index contributed by atoms with van der Waals surface area (Å²) in [6, 6.07) is 53.1. The van der Waals surface area contributed by atoms with Crippen LogP contribution in [0.1, 0.15) is 77.1 Å². The molecule has 0 radical (unpaired) electrons. The standard InChI is InChI=1S/C42H28O2/c43-39(27-15-3-1-4-16-27)41-33-23-11-7-19-29(33)38(30-20-8-12-24-34(30)41)42(40(44)28-17-5-2-6-18-28)35-25-13-9-21-31(35)37(41)32-22-10-14-26-36(32)42/h1-26,37-38H. The van der Waals surface area contributed by atoms with Gasteiger partial charge in [-0.05, 0) is 44.5 Å². The van der Waals surface area contributed by atoms with Crippen LogP contribution in [0.25, 0.3) is 0 Å². The molecule has 2 nitrogen and oxygen atoms in total. The van der Waals surface area contributed by atoms with Crippen LogP contribution in [0.4, 0.5) is 0 Å². The highest BCUT2D eigenvalue weighted by Crippen LogP contribution is 2.69. The van der Waals surface area contributed by atoms with E-state index in [1.165, 1.54) is 0 Å². The number of carbonyl (C=O) groups is 2. The van der Waals surface area contributed by atoms with Gasteiger partial charge in [-0.25, -0.2) is 0 Å². The lowest BCUT2D eigenvalue weighted by atomic mass is 9.41. The Bertz CT molecular complexity index is 1880. The number of Topliss-reactive ketones (excluding diaryl/α,β-unsaturated/α-hetero) is 2. The molecule has 0 heterocycles. The van der Waals surface area contributed by atoms with E-state index in [0.29, 0.717) is 11.1 Å². The van der Waals surface area contributed by atoms with Gasteiger partial charge in [-0.2, -0.15) is 0 Å². The Hall–Kier alpha value is -5.34. The van der Waals surface area contributed by atoms with E-state index in [9.17, 15) is 0 Å². The number of ketones is 2. The van der Waals surface area contributed by atoms with Crippen molar-refractivity contribution in [2.24, 2.45) is 0 Å². The van der Waals surface area contributed by atoms with Gasteiger partial charge in [0.2, 0.25) is 0 Å². The summed E-state index contributed by atoms with van der Waals surface area (Å²) in [5.74, 6) is -0.532. The minimum atomic E-state index is -1.04. The zero-order chi connectivity index (χ0) is 29.5. The molecule has 6 aromatic carbocycles. The van der Waals surface area contributed by atoms with Gasteiger partial charge in [-0.15, -0.1) is 0 Å². The average Bonchev–Trinajstić information content (AvgIpc) is 3.09. The molecule has 0 saturated heterocycles. The molecule has 12 rings (SSSR count). The number of benzene rings is 6. The molecule has 0 spiro atoms. The molecule has 6 aliphatic carbocycles.